The largest absolute Gasteiger partial charge is 0.424 e. The number of sulfonamides is 1. The molecule has 0 spiro atoms. The second-order valence-electron chi connectivity index (χ2n) is 6.37. The summed E-state index contributed by atoms with van der Waals surface area (Å²) in [6.45, 7) is 4.23. The zero-order chi connectivity index (χ0) is 17.2. The third-order valence-electron chi connectivity index (χ3n) is 4.81. The summed E-state index contributed by atoms with van der Waals surface area (Å²) in [6.07, 6.45) is 3.60. The van der Waals surface area contributed by atoms with E-state index in [9.17, 15) is 13.2 Å². The smallest absolute Gasteiger partial charge is 0.231 e. The highest BCUT2D eigenvalue weighted by Crippen LogP contribution is 2.28. The van der Waals surface area contributed by atoms with Crippen molar-refractivity contribution in [1.82, 2.24) is 19.4 Å². The van der Waals surface area contributed by atoms with E-state index in [2.05, 4.69) is 10.2 Å². The van der Waals surface area contributed by atoms with Crippen molar-refractivity contribution in [3.05, 3.63) is 11.8 Å². The Morgan fingerprint density at radius 3 is 2.46 bits per heavy atom. The van der Waals surface area contributed by atoms with Gasteiger partial charge in [0.2, 0.25) is 27.7 Å². The standard InChI is InChI=1S/C15H24N4O4S/c1-2-24(21,22)19-9-5-12(6-10-19)15-17-16-13(23-15)11-14(20)18-7-3-4-8-18/h12H,2-11H2,1H3. The second kappa shape index (κ2) is 7.18. The molecular weight excluding hydrogens is 332 g/mol. The summed E-state index contributed by atoms with van der Waals surface area (Å²) in [5.74, 6) is 1.10. The number of aromatic nitrogens is 2. The van der Waals surface area contributed by atoms with E-state index in [1.807, 2.05) is 4.90 Å². The molecule has 0 atom stereocenters. The topological polar surface area (TPSA) is 96.6 Å². The summed E-state index contributed by atoms with van der Waals surface area (Å²) in [6, 6.07) is 0. The molecule has 3 heterocycles. The number of carbonyl (C=O) groups is 1. The van der Waals surface area contributed by atoms with Crippen LogP contribution in [0.15, 0.2) is 4.42 Å². The van der Waals surface area contributed by atoms with Gasteiger partial charge in [0.15, 0.2) is 0 Å². The molecule has 9 heteroatoms. The summed E-state index contributed by atoms with van der Waals surface area (Å²) >= 11 is 0. The van der Waals surface area contributed by atoms with Gasteiger partial charge in [-0.05, 0) is 32.6 Å². The van der Waals surface area contributed by atoms with Crippen molar-refractivity contribution < 1.29 is 17.6 Å². The molecule has 1 amide bonds. The summed E-state index contributed by atoms with van der Waals surface area (Å²) in [5.41, 5.74) is 0. The van der Waals surface area contributed by atoms with Gasteiger partial charge in [0.05, 0.1) is 5.75 Å². The highest BCUT2D eigenvalue weighted by Gasteiger charge is 2.30. The van der Waals surface area contributed by atoms with E-state index in [1.54, 1.807) is 6.92 Å². The molecule has 24 heavy (non-hydrogen) atoms. The summed E-state index contributed by atoms with van der Waals surface area (Å²) in [5, 5.41) is 8.06. The molecule has 0 saturated carbocycles. The lowest BCUT2D eigenvalue weighted by atomic mass is 9.98. The number of amides is 1. The number of piperidine rings is 1. The Labute approximate surface area is 142 Å². The molecule has 2 aliphatic heterocycles. The van der Waals surface area contributed by atoms with Gasteiger partial charge in [-0.1, -0.05) is 0 Å². The molecule has 0 bridgehead atoms. The molecule has 2 saturated heterocycles. The predicted octanol–water partition coefficient (Wildman–Crippen LogP) is 0.764. The van der Waals surface area contributed by atoms with Crippen molar-refractivity contribution in [3.8, 4) is 0 Å². The van der Waals surface area contributed by atoms with Crippen LogP contribution in [-0.2, 0) is 21.2 Å². The van der Waals surface area contributed by atoms with E-state index in [4.69, 9.17) is 4.42 Å². The van der Waals surface area contributed by atoms with Crippen LogP contribution < -0.4 is 0 Å². The third kappa shape index (κ3) is 3.77. The molecule has 2 aliphatic rings. The third-order valence-corrected chi connectivity index (χ3v) is 6.69. The van der Waals surface area contributed by atoms with Gasteiger partial charge in [-0.25, -0.2) is 12.7 Å². The Bertz CT molecular complexity index is 673. The molecule has 3 rings (SSSR count). The van der Waals surface area contributed by atoms with Crippen LogP contribution in [-0.4, -0.2) is 65.7 Å². The lowest BCUT2D eigenvalue weighted by Crippen LogP contribution is -2.38. The minimum atomic E-state index is -3.13. The van der Waals surface area contributed by atoms with Gasteiger partial charge in [-0.2, -0.15) is 0 Å². The summed E-state index contributed by atoms with van der Waals surface area (Å²) in [4.78, 5) is 13.9. The van der Waals surface area contributed by atoms with Gasteiger partial charge in [0, 0.05) is 32.1 Å². The molecule has 0 radical (unpaired) electrons. The molecule has 1 aromatic heterocycles. The maximum absolute atomic E-state index is 12.1. The minimum absolute atomic E-state index is 0.0339. The van der Waals surface area contributed by atoms with Gasteiger partial charge < -0.3 is 9.32 Å². The molecule has 0 N–H and O–H groups in total. The Morgan fingerprint density at radius 2 is 1.83 bits per heavy atom. The first kappa shape index (κ1) is 17.3. The fourth-order valence-electron chi connectivity index (χ4n) is 3.27. The monoisotopic (exact) mass is 356 g/mol. The van der Waals surface area contributed by atoms with Gasteiger partial charge in [-0.3, -0.25) is 4.79 Å². The van der Waals surface area contributed by atoms with E-state index >= 15 is 0 Å². The Hall–Kier alpha value is -1.48. The maximum atomic E-state index is 12.1. The number of rotatable bonds is 5. The first-order chi connectivity index (χ1) is 11.5. The van der Waals surface area contributed by atoms with Gasteiger partial charge in [-0.15, -0.1) is 10.2 Å². The molecule has 1 aromatic rings. The van der Waals surface area contributed by atoms with Crippen LogP contribution in [0.3, 0.4) is 0 Å². The minimum Gasteiger partial charge on any atom is -0.424 e. The van der Waals surface area contributed by atoms with Crippen LogP contribution >= 0.6 is 0 Å². The Balaban J connectivity index is 1.55. The maximum Gasteiger partial charge on any atom is 0.231 e. The van der Waals surface area contributed by atoms with Crippen LogP contribution in [0.25, 0.3) is 0 Å². The van der Waals surface area contributed by atoms with E-state index in [0.29, 0.717) is 37.7 Å². The van der Waals surface area contributed by atoms with Crippen molar-refractivity contribution in [2.45, 2.75) is 44.9 Å². The number of hydrogen-bond acceptors (Lipinski definition) is 6. The van der Waals surface area contributed by atoms with Crippen LogP contribution in [0.2, 0.25) is 0 Å². The summed E-state index contributed by atoms with van der Waals surface area (Å²) in [7, 11) is -3.13. The SMILES string of the molecule is CCS(=O)(=O)N1CCC(c2nnc(CC(=O)N3CCCC3)o2)CC1. The number of carbonyl (C=O) groups excluding carboxylic acids is 1. The van der Waals surface area contributed by atoms with Crippen LogP contribution in [0.5, 0.6) is 0 Å². The molecule has 0 aromatic carbocycles. The summed E-state index contributed by atoms with van der Waals surface area (Å²) < 4.78 is 31.0. The fraction of sp³-hybridized carbons (Fsp3) is 0.800. The Morgan fingerprint density at radius 1 is 1.17 bits per heavy atom. The van der Waals surface area contributed by atoms with Gasteiger partial charge in [0.1, 0.15) is 6.42 Å². The number of likely N-dealkylation sites (tertiary alicyclic amines) is 1. The van der Waals surface area contributed by atoms with Crippen molar-refractivity contribution in [1.29, 1.82) is 0 Å². The average molecular weight is 356 g/mol. The van der Waals surface area contributed by atoms with E-state index in [0.717, 1.165) is 25.9 Å². The van der Waals surface area contributed by atoms with Crippen LogP contribution in [0.1, 0.15) is 50.3 Å². The van der Waals surface area contributed by atoms with Crippen molar-refractivity contribution in [3.63, 3.8) is 0 Å². The Kier molecular flexibility index (Phi) is 5.19. The van der Waals surface area contributed by atoms with Crippen LogP contribution in [0, 0.1) is 0 Å². The molecule has 2 fully saturated rings. The van der Waals surface area contributed by atoms with E-state index in [-0.39, 0.29) is 24.0 Å². The first-order valence-corrected chi connectivity index (χ1v) is 10.2. The molecule has 134 valence electrons. The lowest BCUT2D eigenvalue weighted by molar-refractivity contribution is -0.129. The molecule has 0 unspecified atom stereocenters. The normalized spacial score (nSPS) is 20.6. The predicted molar refractivity (Wildman–Crippen MR) is 86.8 cm³/mol. The first-order valence-electron chi connectivity index (χ1n) is 8.57. The van der Waals surface area contributed by atoms with Gasteiger partial charge >= 0.3 is 0 Å². The van der Waals surface area contributed by atoms with Crippen LogP contribution in [0.4, 0.5) is 0 Å². The quantitative estimate of drug-likeness (QED) is 0.773. The van der Waals surface area contributed by atoms with E-state index < -0.39 is 10.0 Å². The van der Waals surface area contributed by atoms with Gasteiger partial charge in [0.25, 0.3) is 0 Å². The van der Waals surface area contributed by atoms with Crippen molar-refractivity contribution >= 4 is 15.9 Å². The highest BCUT2D eigenvalue weighted by molar-refractivity contribution is 7.89. The average Bonchev–Trinajstić information content (AvgIpc) is 3.27. The molecule has 0 aliphatic carbocycles. The van der Waals surface area contributed by atoms with Crippen molar-refractivity contribution in [2.24, 2.45) is 0 Å². The molecular formula is C15H24N4O4S. The number of hydrogen-bond donors (Lipinski definition) is 0. The highest BCUT2D eigenvalue weighted by atomic mass is 32.2. The van der Waals surface area contributed by atoms with Crippen molar-refractivity contribution in [2.75, 3.05) is 31.9 Å². The lowest BCUT2D eigenvalue weighted by Gasteiger charge is -2.29. The number of nitrogens with zero attached hydrogens (tertiary/aromatic N) is 4. The molecule has 8 nitrogen and oxygen atoms in total. The fourth-order valence-corrected chi connectivity index (χ4v) is 4.41. The zero-order valence-electron chi connectivity index (χ0n) is 14.0. The second-order valence-corrected chi connectivity index (χ2v) is 8.63. The zero-order valence-corrected chi connectivity index (χ0v) is 14.8. The van der Waals surface area contributed by atoms with E-state index in [1.165, 1.54) is 4.31 Å².